The van der Waals surface area contributed by atoms with E-state index in [0.29, 0.717) is 6.04 Å². The van der Waals surface area contributed by atoms with Crippen LogP contribution in [0, 0.1) is 6.92 Å². The Labute approximate surface area is 90.7 Å². The van der Waals surface area contributed by atoms with Gasteiger partial charge in [0.1, 0.15) is 5.76 Å². The predicted octanol–water partition coefficient (Wildman–Crippen LogP) is 1.17. The normalized spacial score (nSPS) is 22.4. The van der Waals surface area contributed by atoms with Crippen LogP contribution >= 0.6 is 0 Å². The number of hydrogen-bond donors (Lipinski definition) is 1. The third kappa shape index (κ3) is 2.79. The van der Waals surface area contributed by atoms with Crippen molar-refractivity contribution in [3.05, 3.63) is 17.8 Å². The molecule has 0 amide bonds. The van der Waals surface area contributed by atoms with E-state index >= 15 is 0 Å². The number of hydrogen-bond acceptors (Lipinski definition) is 4. The van der Waals surface area contributed by atoms with Gasteiger partial charge in [-0.2, -0.15) is 0 Å². The van der Waals surface area contributed by atoms with Gasteiger partial charge in [-0.3, -0.25) is 4.90 Å². The highest BCUT2D eigenvalue weighted by molar-refractivity contribution is 4.92. The van der Waals surface area contributed by atoms with E-state index in [1.54, 1.807) is 6.20 Å². The molecule has 0 aromatic carbocycles. The summed E-state index contributed by atoms with van der Waals surface area (Å²) in [5, 5.41) is 3.47. The van der Waals surface area contributed by atoms with Crippen molar-refractivity contribution in [1.29, 1.82) is 0 Å². The van der Waals surface area contributed by atoms with Gasteiger partial charge in [-0.1, -0.05) is 6.92 Å². The zero-order valence-electron chi connectivity index (χ0n) is 9.49. The molecule has 4 heteroatoms. The lowest BCUT2D eigenvalue weighted by Crippen LogP contribution is -2.32. The summed E-state index contributed by atoms with van der Waals surface area (Å²) in [6.45, 7) is 8.22. The maximum atomic E-state index is 5.47. The Kier molecular flexibility index (Phi) is 3.38. The molecular formula is C11H19N3O. The topological polar surface area (TPSA) is 41.3 Å². The first-order valence-corrected chi connectivity index (χ1v) is 5.65. The van der Waals surface area contributed by atoms with Gasteiger partial charge < -0.3 is 9.73 Å². The minimum Gasteiger partial charge on any atom is -0.445 e. The van der Waals surface area contributed by atoms with Gasteiger partial charge in [-0.25, -0.2) is 4.98 Å². The van der Waals surface area contributed by atoms with Crippen LogP contribution in [-0.2, 0) is 6.54 Å². The van der Waals surface area contributed by atoms with Crippen molar-refractivity contribution in [2.75, 3.05) is 19.6 Å². The summed E-state index contributed by atoms with van der Waals surface area (Å²) in [5.74, 6) is 1.73. The molecule has 1 aromatic heterocycles. The van der Waals surface area contributed by atoms with Crippen molar-refractivity contribution >= 4 is 0 Å². The van der Waals surface area contributed by atoms with Crippen LogP contribution in [0.15, 0.2) is 10.6 Å². The number of likely N-dealkylation sites (N-methyl/N-ethyl adjacent to an activating group) is 1. The standard InChI is InChI=1S/C11H19N3O/c1-3-12-10-4-5-14(7-10)8-11-13-6-9(2)15-11/h6,10,12H,3-5,7-8H2,1-2H3. The Morgan fingerprint density at radius 1 is 1.67 bits per heavy atom. The van der Waals surface area contributed by atoms with Gasteiger partial charge in [0.25, 0.3) is 0 Å². The number of nitrogens with zero attached hydrogens (tertiary/aromatic N) is 2. The van der Waals surface area contributed by atoms with E-state index in [2.05, 4.69) is 22.1 Å². The molecule has 15 heavy (non-hydrogen) atoms. The Bertz CT molecular complexity index is 311. The second-order valence-corrected chi connectivity index (χ2v) is 4.14. The molecule has 2 heterocycles. The van der Waals surface area contributed by atoms with Gasteiger partial charge in [0.2, 0.25) is 5.89 Å². The molecule has 0 aliphatic carbocycles. The van der Waals surface area contributed by atoms with E-state index in [1.165, 1.54) is 6.42 Å². The lowest BCUT2D eigenvalue weighted by atomic mass is 10.3. The number of oxazole rings is 1. The molecule has 0 bridgehead atoms. The van der Waals surface area contributed by atoms with Crippen molar-refractivity contribution in [1.82, 2.24) is 15.2 Å². The van der Waals surface area contributed by atoms with Crippen LogP contribution in [0.2, 0.25) is 0 Å². The van der Waals surface area contributed by atoms with Gasteiger partial charge in [-0.05, 0) is 19.9 Å². The summed E-state index contributed by atoms with van der Waals surface area (Å²) in [7, 11) is 0. The monoisotopic (exact) mass is 209 g/mol. The third-order valence-corrected chi connectivity index (χ3v) is 2.79. The third-order valence-electron chi connectivity index (χ3n) is 2.79. The molecule has 1 atom stereocenters. The molecule has 0 saturated carbocycles. The first kappa shape index (κ1) is 10.6. The summed E-state index contributed by atoms with van der Waals surface area (Å²) in [6.07, 6.45) is 3.01. The van der Waals surface area contributed by atoms with Crippen molar-refractivity contribution < 1.29 is 4.42 Å². The fraction of sp³-hybridized carbons (Fsp3) is 0.727. The highest BCUT2D eigenvalue weighted by Gasteiger charge is 2.22. The van der Waals surface area contributed by atoms with E-state index in [-0.39, 0.29) is 0 Å². The fourth-order valence-corrected chi connectivity index (χ4v) is 2.10. The number of likely N-dealkylation sites (tertiary alicyclic amines) is 1. The van der Waals surface area contributed by atoms with E-state index in [1.807, 2.05) is 6.92 Å². The summed E-state index contributed by atoms with van der Waals surface area (Å²) < 4.78 is 5.47. The molecule has 0 radical (unpaired) electrons. The zero-order chi connectivity index (χ0) is 10.7. The summed E-state index contributed by atoms with van der Waals surface area (Å²) in [6, 6.07) is 0.644. The molecular weight excluding hydrogens is 190 g/mol. The van der Waals surface area contributed by atoms with Gasteiger partial charge in [0, 0.05) is 19.1 Å². The Balaban J connectivity index is 1.82. The van der Waals surface area contributed by atoms with Crippen LogP contribution in [0.1, 0.15) is 25.0 Å². The largest absolute Gasteiger partial charge is 0.445 e. The summed E-state index contributed by atoms with van der Waals surface area (Å²) >= 11 is 0. The van der Waals surface area contributed by atoms with Crippen LogP contribution in [0.5, 0.6) is 0 Å². The quantitative estimate of drug-likeness (QED) is 0.808. The molecule has 1 saturated heterocycles. The van der Waals surface area contributed by atoms with E-state index in [9.17, 15) is 0 Å². The second-order valence-electron chi connectivity index (χ2n) is 4.14. The summed E-state index contributed by atoms with van der Waals surface area (Å²) in [5.41, 5.74) is 0. The maximum Gasteiger partial charge on any atom is 0.208 e. The Morgan fingerprint density at radius 3 is 3.20 bits per heavy atom. The van der Waals surface area contributed by atoms with Gasteiger partial charge >= 0.3 is 0 Å². The number of nitrogens with one attached hydrogen (secondary N) is 1. The van der Waals surface area contributed by atoms with Crippen molar-refractivity contribution in [2.24, 2.45) is 0 Å². The number of rotatable bonds is 4. The molecule has 1 unspecified atom stereocenters. The van der Waals surface area contributed by atoms with Crippen molar-refractivity contribution in [3.8, 4) is 0 Å². The molecule has 4 nitrogen and oxygen atoms in total. The molecule has 1 N–H and O–H groups in total. The predicted molar refractivity (Wildman–Crippen MR) is 58.6 cm³/mol. The first-order valence-electron chi connectivity index (χ1n) is 5.65. The van der Waals surface area contributed by atoms with Gasteiger partial charge in [0.05, 0.1) is 12.7 Å². The van der Waals surface area contributed by atoms with Crippen LogP contribution in [0.25, 0.3) is 0 Å². The molecule has 2 rings (SSSR count). The maximum absolute atomic E-state index is 5.47. The first-order chi connectivity index (χ1) is 7.28. The van der Waals surface area contributed by atoms with E-state index < -0.39 is 0 Å². The average Bonchev–Trinajstić information content (AvgIpc) is 2.78. The Hall–Kier alpha value is -0.870. The highest BCUT2D eigenvalue weighted by Crippen LogP contribution is 2.13. The average molecular weight is 209 g/mol. The molecule has 1 aliphatic heterocycles. The lowest BCUT2D eigenvalue weighted by molar-refractivity contribution is 0.281. The van der Waals surface area contributed by atoms with Gasteiger partial charge in [-0.15, -0.1) is 0 Å². The minimum atomic E-state index is 0.644. The smallest absolute Gasteiger partial charge is 0.208 e. The SMILES string of the molecule is CCNC1CCN(Cc2ncc(C)o2)C1. The van der Waals surface area contributed by atoms with Gasteiger partial charge in [0.15, 0.2) is 0 Å². The van der Waals surface area contributed by atoms with Crippen LogP contribution in [-0.4, -0.2) is 35.6 Å². The molecule has 1 aromatic rings. The molecule has 1 aliphatic rings. The fourth-order valence-electron chi connectivity index (χ4n) is 2.10. The van der Waals surface area contributed by atoms with Crippen LogP contribution < -0.4 is 5.32 Å². The zero-order valence-corrected chi connectivity index (χ0v) is 9.49. The highest BCUT2D eigenvalue weighted by atomic mass is 16.4. The Morgan fingerprint density at radius 2 is 2.53 bits per heavy atom. The van der Waals surface area contributed by atoms with Crippen LogP contribution in [0.4, 0.5) is 0 Å². The van der Waals surface area contributed by atoms with E-state index in [4.69, 9.17) is 4.42 Å². The van der Waals surface area contributed by atoms with Crippen molar-refractivity contribution in [3.63, 3.8) is 0 Å². The molecule has 1 fully saturated rings. The van der Waals surface area contributed by atoms with Crippen molar-refractivity contribution in [2.45, 2.75) is 32.9 Å². The number of aromatic nitrogens is 1. The second kappa shape index (κ2) is 4.77. The number of aryl methyl sites for hydroxylation is 1. The summed E-state index contributed by atoms with van der Waals surface area (Å²) in [4.78, 5) is 6.61. The molecule has 84 valence electrons. The van der Waals surface area contributed by atoms with E-state index in [0.717, 1.165) is 37.8 Å². The van der Waals surface area contributed by atoms with Crippen LogP contribution in [0.3, 0.4) is 0 Å². The molecule has 0 spiro atoms. The minimum absolute atomic E-state index is 0.644. The lowest BCUT2D eigenvalue weighted by Gasteiger charge is -2.13.